The molecular weight excluding hydrogens is 290 g/mol. The highest BCUT2D eigenvalue weighted by atomic mass is 16.5. The fraction of sp³-hybridized carbons (Fsp3) is 0.579. The number of hydrogen-bond donors (Lipinski definition) is 0. The largest absolute Gasteiger partial charge is 0.462 e. The van der Waals surface area contributed by atoms with E-state index >= 15 is 0 Å². The number of piperidine rings is 1. The van der Waals surface area contributed by atoms with Crippen molar-refractivity contribution < 1.29 is 14.3 Å². The highest BCUT2D eigenvalue weighted by molar-refractivity contribution is 5.96. The molecule has 1 aromatic rings. The van der Waals surface area contributed by atoms with Crippen LogP contribution in [-0.4, -0.2) is 36.5 Å². The standard InChI is InChI=1S/C19H27NO3/c1-2-3-4-8-15-23-19(22)17-11-9-16(10-12-17)18(21)20-13-6-5-7-14-20/h9-12H,2-8,13-15H2,1H3. The normalized spacial score (nSPS) is 14.6. The molecule has 0 N–H and O–H groups in total. The Kier molecular flexibility index (Phi) is 7.11. The van der Waals surface area contributed by atoms with Crippen LogP contribution in [0.4, 0.5) is 0 Å². The summed E-state index contributed by atoms with van der Waals surface area (Å²) in [6.45, 7) is 4.28. The molecule has 0 atom stereocenters. The summed E-state index contributed by atoms with van der Waals surface area (Å²) in [5.41, 5.74) is 1.15. The van der Waals surface area contributed by atoms with Crippen molar-refractivity contribution in [3.63, 3.8) is 0 Å². The molecular formula is C19H27NO3. The predicted molar refractivity (Wildman–Crippen MR) is 90.6 cm³/mol. The molecule has 1 heterocycles. The second kappa shape index (κ2) is 9.33. The van der Waals surface area contributed by atoms with Gasteiger partial charge in [-0.3, -0.25) is 4.79 Å². The van der Waals surface area contributed by atoms with Crippen LogP contribution in [0.25, 0.3) is 0 Å². The minimum atomic E-state index is -0.307. The van der Waals surface area contributed by atoms with Gasteiger partial charge in [-0.2, -0.15) is 0 Å². The van der Waals surface area contributed by atoms with E-state index in [0.29, 0.717) is 17.7 Å². The highest BCUT2D eigenvalue weighted by Crippen LogP contribution is 2.14. The number of likely N-dealkylation sites (tertiary alicyclic amines) is 1. The lowest BCUT2D eigenvalue weighted by Crippen LogP contribution is -2.35. The Morgan fingerprint density at radius 2 is 1.61 bits per heavy atom. The summed E-state index contributed by atoms with van der Waals surface area (Å²) in [6.07, 6.45) is 7.69. The van der Waals surface area contributed by atoms with Crippen LogP contribution >= 0.6 is 0 Å². The fourth-order valence-electron chi connectivity index (χ4n) is 2.81. The van der Waals surface area contributed by atoms with Crippen LogP contribution in [0.15, 0.2) is 24.3 Å². The number of carbonyl (C=O) groups is 2. The molecule has 0 unspecified atom stereocenters. The maximum atomic E-state index is 12.4. The Morgan fingerprint density at radius 1 is 0.957 bits per heavy atom. The van der Waals surface area contributed by atoms with Crippen molar-refractivity contribution in [1.82, 2.24) is 4.90 Å². The van der Waals surface area contributed by atoms with Gasteiger partial charge in [0.05, 0.1) is 12.2 Å². The smallest absolute Gasteiger partial charge is 0.338 e. The van der Waals surface area contributed by atoms with Gasteiger partial charge in [-0.25, -0.2) is 4.79 Å². The van der Waals surface area contributed by atoms with Gasteiger partial charge < -0.3 is 9.64 Å². The minimum Gasteiger partial charge on any atom is -0.462 e. The Labute approximate surface area is 138 Å². The first-order valence-electron chi connectivity index (χ1n) is 8.79. The van der Waals surface area contributed by atoms with Gasteiger partial charge >= 0.3 is 5.97 Å². The summed E-state index contributed by atoms with van der Waals surface area (Å²) in [6, 6.07) is 6.83. The summed E-state index contributed by atoms with van der Waals surface area (Å²) in [5, 5.41) is 0. The zero-order chi connectivity index (χ0) is 16.5. The lowest BCUT2D eigenvalue weighted by atomic mass is 10.1. The summed E-state index contributed by atoms with van der Waals surface area (Å²) in [5.74, 6) is -0.248. The fourth-order valence-corrected chi connectivity index (χ4v) is 2.81. The van der Waals surface area contributed by atoms with Crippen molar-refractivity contribution in [3.8, 4) is 0 Å². The highest BCUT2D eigenvalue weighted by Gasteiger charge is 2.18. The molecule has 0 saturated carbocycles. The summed E-state index contributed by atoms with van der Waals surface area (Å²) >= 11 is 0. The van der Waals surface area contributed by atoms with Crippen molar-refractivity contribution in [3.05, 3.63) is 35.4 Å². The van der Waals surface area contributed by atoms with Crippen molar-refractivity contribution in [1.29, 1.82) is 0 Å². The first-order chi connectivity index (χ1) is 11.2. The van der Waals surface area contributed by atoms with Crippen LogP contribution in [0.2, 0.25) is 0 Å². The average Bonchev–Trinajstić information content (AvgIpc) is 2.61. The summed E-state index contributed by atoms with van der Waals surface area (Å²) in [7, 11) is 0. The Morgan fingerprint density at radius 3 is 2.26 bits per heavy atom. The molecule has 4 heteroatoms. The van der Waals surface area contributed by atoms with Gasteiger partial charge in [-0.05, 0) is 49.9 Å². The van der Waals surface area contributed by atoms with Crippen molar-refractivity contribution in [2.45, 2.75) is 51.9 Å². The van der Waals surface area contributed by atoms with Gasteiger partial charge in [0.2, 0.25) is 0 Å². The topological polar surface area (TPSA) is 46.6 Å². The Balaban J connectivity index is 1.83. The predicted octanol–water partition coefficient (Wildman–Crippen LogP) is 4.05. The van der Waals surface area contributed by atoms with Crippen molar-refractivity contribution >= 4 is 11.9 Å². The maximum absolute atomic E-state index is 12.4. The van der Waals surface area contributed by atoms with Gasteiger partial charge in [0.25, 0.3) is 5.91 Å². The van der Waals surface area contributed by atoms with Crippen molar-refractivity contribution in [2.24, 2.45) is 0 Å². The molecule has 0 spiro atoms. The van der Waals surface area contributed by atoms with E-state index in [0.717, 1.165) is 38.8 Å². The molecule has 1 saturated heterocycles. The van der Waals surface area contributed by atoms with Crippen LogP contribution in [0, 0.1) is 0 Å². The van der Waals surface area contributed by atoms with Crippen LogP contribution in [-0.2, 0) is 4.74 Å². The lowest BCUT2D eigenvalue weighted by molar-refractivity contribution is 0.0497. The van der Waals surface area contributed by atoms with Gasteiger partial charge in [0.1, 0.15) is 0 Å². The zero-order valence-corrected chi connectivity index (χ0v) is 14.1. The van der Waals surface area contributed by atoms with E-state index in [9.17, 15) is 9.59 Å². The molecule has 1 fully saturated rings. The molecule has 0 bridgehead atoms. The number of unbranched alkanes of at least 4 members (excludes halogenated alkanes) is 3. The molecule has 0 aromatic heterocycles. The van der Waals surface area contributed by atoms with Crippen LogP contribution in [0.3, 0.4) is 0 Å². The number of amides is 1. The Hall–Kier alpha value is -1.84. The lowest BCUT2D eigenvalue weighted by Gasteiger charge is -2.26. The quantitative estimate of drug-likeness (QED) is 0.563. The number of hydrogen-bond acceptors (Lipinski definition) is 3. The molecule has 0 aliphatic carbocycles. The van der Waals surface area contributed by atoms with Gasteiger partial charge in [-0.1, -0.05) is 26.2 Å². The third kappa shape index (κ3) is 5.38. The Bertz CT molecular complexity index is 504. The number of rotatable bonds is 7. The average molecular weight is 317 g/mol. The third-order valence-corrected chi connectivity index (χ3v) is 4.24. The van der Waals surface area contributed by atoms with Gasteiger partial charge in [0.15, 0.2) is 0 Å². The first-order valence-corrected chi connectivity index (χ1v) is 8.79. The molecule has 0 radical (unpaired) electrons. The number of nitrogens with zero attached hydrogens (tertiary/aromatic N) is 1. The molecule has 1 aromatic carbocycles. The van der Waals surface area contributed by atoms with E-state index in [1.165, 1.54) is 19.3 Å². The maximum Gasteiger partial charge on any atom is 0.338 e. The van der Waals surface area contributed by atoms with E-state index in [4.69, 9.17) is 4.74 Å². The van der Waals surface area contributed by atoms with Crippen LogP contribution in [0.5, 0.6) is 0 Å². The van der Waals surface area contributed by atoms with Crippen LogP contribution in [0.1, 0.15) is 72.6 Å². The molecule has 1 aliphatic rings. The van der Waals surface area contributed by atoms with Crippen LogP contribution < -0.4 is 0 Å². The van der Waals surface area contributed by atoms with E-state index < -0.39 is 0 Å². The van der Waals surface area contributed by atoms with Gasteiger partial charge in [0, 0.05) is 18.7 Å². The SMILES string of the molecule is CCCCCCOC(=O)c1ccc(C(=O)N2CCCCC2)cc1. The minimum absolute atomic E-state index is 0.0594. The molecule has 23 heavy (non-hydrogen) atoms. The number of ether oxygens (including phenoxy) is 1. The molecule has 2 rings (SSSR count). The summed E-state index contributed by atoms with van der Waals surface area (Å²) < 4.78 is 5.26. The zero-order valence-electron chi connectivity index (χ0n) is 14.1. The van der Waals surface area contributed by atoms with E-state index in [-0.39, 0.29) is 11.9 Å². The molecule has 1 aliphatic heterocycles. The third-order valence-electron chi connectivity index (χ3n) is 4.24. The number of carbonyl (C=O) groups excluding carboxylic acids is 2. The molecule has 4 nitrogen and oxygen atoms in total. The number of esters is 1. The number of benzene rings is 1. The first kappa shape index (κ1) is 17.5. The van der Waals surface area contributed by atoms with E-state index in [1.807, 2.05) is 4.90 Å². The van der Waals surface area contributed by atoms with E-state index in [2.05, 4.69) is 6.92 Å². The molecule has 126 valence electrons. The van der Waals surface area contributed by atoms with Crippen molar-refractivity contribution in [2.75, 3.05) is 19.7 Å². The molecule has 1 amide bonds. The second-order valence-corrected chi connectivity index (χ2v) is 6.13. The second-order valence-electron chi connectivity index (χ2n) is 6.13. The summed E-state index contributed by atoms with van der Waals surface area (Å²) in [4.78, 5) is 26.2. The van der Waals surface area contributed by atoms with E-state index in [1.54, 1.807) is 24.3 Å². The monoisotopic (exact) mass is 317 g/mol. The van der Waals surface area contributed by atoms with Gasteiger partial charge in [-0.15, -0.1) is 0 Å².